The molecule has 8 rings (SSSR count). The summed E-state index contributed by atoms with van der Waals surface area (Å²) in [5, 5.41) is 10.5. The Bertz CT molecular complexity index is 845. The Hall–Kier alpha value is -1.54. The van der Waals surface area contributed by atoms with Gasteiger partial charge in [0.25, 0.3) is 0 Å². The maximum absolute atomic E-state index is 13.3. The Labute approximate surface area is 171 Å². The molecule has 5 heteroatoms. The monoisotopic (exact) mass is 393 g/mol. The Kier molecular flexibility index (Phi) is 3.85. The molecule has 0 atom stereocenters. The maximum Gasteiger partial charge on any atom is 0.149 e. The number of fused-ring (bicyclic) bond motifs is 2. The highest BCUT2D eigenvalue weighted by molar-refractivity contribution is 8.00. The van der Waals surface area contributed by atoms with E-state index in [1.54, 1.807) is 0 Å². The minimum atomic E-state index is -0.0481. The summed E-state index contributed by atoms with van der Waals surface area (Å²) >= 11 is 1.53. The zero-order chi connectivity index (χ0) is 18.9. The van der Waals surface area contributed by atoms with Crippen molar-refractivity contribution in [3.8, 4) is 6.07 Å². The van der Waals surface area contributed by atoms with Crippen molar-refractivity contribution in [2.45, 2.75) is 62.3 Å². The molecule has 3 aliphatic heterocycles. The van der Waals surface area contributed by atoms with Crippen LogP contribution in [0.2, 0.25) is 0 Å². The predicted molar refractivity (Wildman–Crippen MR) is 109 cm³/mol. The van der Waals surface area contributed by atoms with Gasteiger partial charge in [-0.05, 0) is 75.2 Å². The highest BCUT2D eigenvalue weighted by Crippen LogP contribution is 2.60. The lowest BCUT2D eigenvalue weighted by Crippen LogP contribution is -2.50. The molecule has 28 heavy (non-hydrogen) atoms. The number of ketones is 1. The molecule has 0 N–H and O–H groups in total. The lowest BCUT2D eigenvalue weighted by Gasteiger charge is -2.56. The second kappa shape index (κ2) is 6.23. The number of rotatable bonds is 4. The van der Waals surface area contributed by atoms with E-state index in [0.717, 1.165) is 60.8 Å². The highest BCUT2D eigenvalue weighted by Gasteiger charge is 2.54. The minimum absolute atomic E-state index is 0.0481. The number of nitriles is 1. The van der Waals surface area contributed by atoms with E-state index < -0.39 is 0 Å². The Balaban J connectivity index is 1.24. The topological polar surface area (TPSA) is 57.0 Å². The molecule has 5 fully saturated rings. The first-order valence-electron chi connectivity index (χ1n) is 11.0. The number of carbonyl (C=O) groups excluding carboxylic acids is 1. The van der Waals surface area contributed by atoms with Crippen molar-refractivity contribution >= 4 is 23.2 Å². The molecule has 0 aromatic carbocycles. The Morgan fingerprint density at radius 1 is 1.18 bits per heavy atom. The summed E-state index contributed by atoms with van der Waals surface area (Å²) in [5.74, 6) is 3.83. The van der Waals surface area contributed by atoms with Gasteiger partial charge in [-0.2, -0.15) is 5.26 Å². The number of pyridine rings is 1. The first kappa shape index (κ1) is 17.3. The fourth-order valence-electron chi connectivity index (χ4n) is 7.38. The van der Waals surface area contributed by atoms with Gasteiger partial charge in [-0.1, -0.05) is 11.8 Å². The molecule has 1 aromatic rings. The second-order valence-electron chi connectivity index (χ2n) is 10.0. The van der Waals surface area contributed by atoms with Crippen LogP contribution in [-0.2, 0) is 4.79 Å². The third kappa shape index (κ3) is 2.56. The molecule has 0 radical (unpaired) electrons. The van der Waals surface area contributed by atoms with Crippen LogP contribution in [0, 0.1) is 34.5 Å². The van der Waals surface area contributed by atoms with Crippen LogP contribution in [0.25, 0.3) is 0 Å². The summed E-state index contributed by atoms with van der Waals surface area (Å²) < 4.78 is 0. The third-order valence-electron chi connectivity index (χ3n) is 8.31. The summed E-state index contributed by atoms with van der Waals surface area (Å²) in [4.78, 5) is 20.7. The Morgan fingerprint density at radius 3 is 2.43 bits per heavy atom. The third-order valence-corrected chi connectivity index (χ3v) is 9.30. The first-order valence-corrected chi connectivity index (χ1v) is 12.0. The fourth-order valence-corrected chi connectivity index (χ4v) is 8.37. The van der Waals surface area contributed by atoms with E-state index in [1.807, 2.05) is 6.07 Å². The Morgan fingerprint density at radius 2 is 1.82 bits per heavy atom. The number of Topliss-reactive ketones (excluding diaryl/α,β-unsaturated/α-hetero) is 1. The van der Waals surface area contributed by atoms with Gasteiger partial charge in [0.1, 0.15) is 16.9 Å². The number of nitrogens with zero attached hydrogens (tertiary/aromatic N) is 3. The average molecular weight is 394 g/mol. The molecule has 4 saturated carbocycles. The molecular formula is C23H27N3OS. The number of thioether (sulfide) groups is 1. The molecule has 1 saturated heterocycles. The number of piperidine rings is 1. The van der Waals surface area contributed by atoms with Crippen molar-refractivity contribution in [1.82, 2.24) is 4.98 Å². The van der Waals surface area contributed by atoms with E-state index in [0.29, 0.717) is 23.0 Å². The van der Waals surface area contributed by atoms with Crippen LogP contribution < -0.4 is 4.90 Å². The molecule has 0 unspecified atom stereocenters. The largest absolute Gasteiger partial charge is 0.370 e. The van der Waals surface area contributed by atoms with Crippen LogP contribution in [0.1, 0.15) is 68.5 Å². The van der Waals surface area contributed by atoms with Crippen molar-refractivity contribution in [2.75, 3.05) is 23.7 Å². The summed E-state index contributed by atoms with van der Waals surface area (Å²) in [6.07, 6.45) is 9.80. The number of hydrogen-bond donors (Lipinski definition) is 0. The molecule has 1 aromatic heterocycles. The molecular weight excluding hydrogens is 366 g/mol. The van der Waals surface area contributed by atoms with E-state index in [4.69, 9.17) is 4.98 Å². The van der Waals surface area contributed by atoms with Crippen molar-refractivity contribution in [1.29, 1.82) is 5.26 Å². The fraction of sp³-hybridized carbons (Fsp3) is 0.696. The summed E-state index contributed by atoms with van der Waals surface area (Å²) in [6, 6.07) is 4.38. The smallest absolute Gasteiger partial charge is 0.149 e. The summed E-state index contributed by atoms with van der Waals surface area (Å²) in [6.45, 7) is 2.17. The van der Waals surface area contributed by atoms with Crippen molar-refractivity contribution < 1.29 is 4.79 Å². The van der Waals surface area contributed by atoms with E-state index in [1.165, 1.54) is 49.6 Å². The lowest BCUT2D eigenvalue weighted by atomic mass is 9.48. The van der Waals surface area contributed by atoms with Crippen LogP contribution in [0.5, 0.6) is 0 Å². The zero-order valence-electron chi connectivity index (χ0n) is 16.3. The maximum atomic E-state index is 13.3. The number of hydrogen-bond acceptors (Lipinski definition) is 5. The standard InChI is InChI=1S/C23H27N3OS/c24-12-18-8-19-21(17-1-3-26(19)4-2-17)25-22(18)28-13-20(27)23-9-14-5-15(10-23)7-16(6-14)11-23/h8,14-17H,1-7,9-11,13H2. The van der Waals surface area contributed by atoms with Gasteiger partial charge in [0, 0.05) is 24.4 Å². The zero-order valence-corrected chi connectivity index (χ0v) is 17.1. The molecule has 6 bridgehead atoms. The molecule has 0 spiro atoms. The van der Waals surface area contributed by atoms with Gasteiger partial charge < -0.3 is 4.90 Å². The molecule has 4 aliphatic carbocycles. The van der Waals surface area contributed by atoms with E-state index >= 15 is 0 Å². The van der Waals surface area contributed by atoms with Gasteiger partial charge in [0.15, 0.2) is 0 Å². The number of anilines is 1. The summed E-state index contributed by atoms with van der Waals surface area (Å²) in [5.41, 5.74) is 2.93. The SMILES string of the molecule is N#Cc1cc2c(nc1SCC(=O)C13CC4CC(CC(C4)C1)C3)C1CCN2CC1. The molecule has 146 valence electrons. The highest BCUT2D eigenvalue weighted by atomic mass is 32.2. The van der Waals surface area contributed by atoms with E-state index in [9.17, 15) is 10.1 Å². The molecule has 7 aliphatic rings. The average Bonchev–Trinajstić information content (AvgIpc) is 2.71. The number of aromatic nitrogens is 1. The van der Waals surface area contributed by atoms with E-state index in [2.05, 4.69) is 11.0 Å². The van der Waals surface area contributed by atoms with Crippen LogP contribution in [0.4, 0.5) is 5.69 Å². The van der Waals surface area contributed by atoms with Gasteiger partial charge in [-0.3, -0.25) is 4.79 Å². The molecule has 4 nitrogen and oxygen atoms in total. The van der Waals surface area contributed by atoms with Crippen molar-refractivity contribution in [3.63, 3.8) is 0 Å². The predicted octanol–water partition coefficient (Wildman–Crippen LogP) is 4.53. The number of carbonyl (C=O) groups is 1. The van der Waals surface area contributed by atoms with Crippen LogP contribution in [-0.4, -0.2) is 29.6 Å². The van der Waals surface area contributed by atoms with Gasteiger partial charge in [0.05, 0.1) is 22.7 Å². The van der Waals surface area contributed by atoms with Crippen molar-refractivity contribution in [3.05, 3.63) is 17.3 Å². The lowest BCUT2D eigenvalue weighted by molar-refractivity contribution is -0.141. The minimum Gasteiger partial charge on any atom is -0.370 e. The van der Waals surface area contributed by atoms with Gasteiger partial charge in [-0.25, -0.2) is 4.98 Å². The van der Waals surface area contributed by atoms with Gasteiger partial charge in [0.2, 0.25) is 0 Å². The quantitative estimate of drug-likeness (QED) is 0.704. The van der Waals surface area contributed by atoms with Crippen molar-refractivity contribution in [2.24, 2.45) is 23.2 Å². The van der Waals surface area contributed by atoms with Crippen LogP contribution >= 0.6 is 11.8 Å². The van der Waals surface area contributed by atoms with Gasteiger partial charge >= 0.3 is 0 Å². The first-order chi connectivity index (χ1) is 13.6. The molecule has 4 heterocycles. The van der Waals surface area contributed by atoms with E-state index in [-0.39, 0.29) is 5.41 Å². The normalized spacial score (nSPS) is 35.1. The van der Waals surface area contributed by atoms with Crippen LogP contribution in [0.3, 0.4) is 0 Å². The van der Waals surface area contributed by atoms with Crippen LogP contribution in [0.15, 0.2) is 11.1 Å². The molecule has 0 amide bonds. The van der Waals surface area contributed by atoms with Gasteiger partial charge in [-0.15, -0.1) is 0 Å². The second-order valence-corrected chi connectivity index (χ2v) is 11.0. The summed E-state index contributed by atoms with van der Waals surface area (Å²) in [7, 11) is 0.